The molecule has 0 saturated carbocycles. The summed E-state index contributed by atoms with van der Waals surface area (Å²) in [4.78, 5) is 44.8. The maximum atomic E-state index is 14.1. The molecule has 0 spiro atoms. The Kier molecular flexibility index (Phi) is 9.27. The molecule has 4 rings (SSSR count). The van der Waals surface area contributed by atoms with E-state index in [0.29, 0.717) is 36.8 Å². The van der Waals surface area contributed by atoms with Crippen LogP contribution in [0.15, 0.2) is 42.5 Å². The summed E-state index contributed by atoms with van der Waals surface area (Å²) in [5.41, 5.74) is -3.13. The second-order valence-corrected chi connectivity index (χ2v) is 11.1. The van der Waals surface area contributed by atoms with E-state index in [1.165, 1.54) is 24.1 Å². The number of anilines is 1. The quantitative estimate of drug-likeness (QED) is 0.539. The lowest BCUT2D eigenvalue weighted by Gasteiger charge is -2.41. The fourth-order valence-electron chi connectivity index (χ4n) is 5.37. The molecule has 1 unspecified atom stereocenters. The van der Waals surface area contributed by atoms with E-state index in [4.69, 9.17) is 16.3 Å². The van der Waals surface area contributed by atoms with Gasteiger partial charge in [-0.3, -0.25) is 14.4 Å². The van der Waals surface area contributed by atoms with E-state index in [1.54, 1.807) is 31.1 Å². The number of piperazine rings is 1. The number of aliphatic hydroxyl groups is 1. The van der Waals surface area contributed by atoms with Crippen molar-refractivity contribution < 1.29 is 37.4 Å². The number of ether oxygens (including phenoxy) is 1. The van der Waals surface area contributed by atoms with Gasteiger partial charge in [-0.25, -0.2) is 0 Å². The van der Waals surface area contributed by atoms with Gasteiger partial charge in [0.25, 0.3) is 17.4 Å². The first-order valence-corrected chi connectivity index (χ1v) is 13.9. The average Bonchev–Trinajstić information content (AvgIpc) is 2.99. The summed E-state index contributed by atoms with van der Waals surface area (Å²) >= 11 is 6.35. The third kappa shape index (κ3) is 6.14. The predicted octanol–water partition coefficient (Wildman–Crippen LogP) is 3.39. The molecule has 0 bridgehead atoms. The largest absolute Gasteiger partial charge is 0.497 e. The van der Waals surface area contributed by atoms with Gasteiger partial charge in [-0.15, -0.1) is 0 Å². The highest BCUT2D eigenvalue weighted by Gasteiger charge is 2.62. The summed E-state index contributed by atoms with van der Waals surface area (Å²) in [5, 5.41) is 11.1. The van der Waals surface area contributed by atoms with Crippen molar-refractivity contribution in [3.8, 4) is 5.75 Å². The van der Waals surface area contributed by atoms with Gasteiger partial charge in [0.05, 0.1) is 17.7 Å². The number of nitrogens with zero attached hydrogens (tertiary/aromatic N) is 4. The highest BCUT2D eigenvalue weighted by molar-refractivity contribution is 6.34. The standard InChI is InChI=1S/C29H34ClF3N4O5/c1-34(2)26(39)23-8-7-21(18-24(23)30)35-13-15-36(16-14-35)25(38)19-9-11-37(12-10-19)27(40)28(41,29(31,32)33)20-5-4-6-22(17-20)42-3/h4-8,17-19,41H,9-16H2,1-3H3. The number of benzene rings is 2. The predicted molar refractivity (Wildman–Crippen MR) is 151 cm³/mol. The van der Waals surface area contributed by atoms with E-state index >= 15 is 0 Å². The van der Waals surface area contributed by atoms with Crippen molar-refractivity contribution in [1.29, 1.82) is 0 Å². The fraction of sp³-hybridized carbons (Fsp3) is 0.483. The van der Waals surface area contributed by atoms with Gasteiger partial charge in [0.2, 0.25) is 5.91 Å². The maximum absolute atomic E-state index is 14.1. The van der Waals surface area contributed by atoms with Crippen molar-refractivity contribution in [2.75, 3.05) is 65.4 Å². The molecule has 42 heavy (non-hydrogen) atoms. The first-order chi connectivity index (χ1) is 19.8. The van der Waals surface area contributed by atoms with E-state index in [1.807, 2.05) is 6.07 Å². The second kappa shape index (κ2) is 12.4. The number of hydrogen-bond acceptors (Lipinski definition) is 6. The van der Waals surface area contributed by atoms with E-state index in [9.17, 15) is 32.7 Å². The summed E-state index contributed by atoms with van der Waals surface area (Å²) in [6, 6.07) is 9.96. The zero-order chi connectivity index (χ0) is 30.8. The first-order valence-electron chi connectivity index (χ1n) is 13.6. The van der Waals surface area contributed by atoms with Crippen molar-refractivity contribution in [3.63, 3.8) is 0 Å². The van der Waals surface area contributed by atoms with Crippen molar-refractivity contribution in [2.24, 2.45) is 5.92 Å². The van der Waals surface area contributed by atoms with Crippen molar-refractivity contribution >= 4 is 35.0 Å². The Morgan fingerprint density at radius 1 is 0.952 bits per heavy atom. The second-order valence-electron chi connectivity index (χ2n) is 10.7. The Hall–Kier alpha value is -3.51. The molecule has 0 aromatic heterocycles. The Morgan fingerprint density at radius 2 is 1.60 bits per heavy atom. The van der Waals surface area contributed by atoms with Crippen LogP contribution in [0.5, 0.6) is 5.75 Å². The molecule has 13 heteroatoms. The van der Waals surface area contributed by atoms with Gasteiger partial charge in [0.15, 0.2) is 0 Å². The number of halogens is 4. The number of likely N-dealkylation sites (tertiary alicyclic amines) is 1. The smallest absolute Gasteiger partial charge is 0.430 e. The summed E-state index contributed by atoms with van der Waals surface area (Å²) in [5.74, 6) is -2.14. The molecule has 9 nitrogen and oxygen atoms in total. The zero-order valence-corrected chi connectivity index (χ0v) is 24.4. The van der Waals surface area contributed by atoms with Gasteiger partial charge < -0.3 is 29.4 Å². The van der Waals surface area contributed by atoms with Gasteiger partial charge in [0.1, 0.15) is 5.75 Å². The van der Waals surface area contributed by atoms with E-state index in [2.05, 4.69) is 4.90 Å². The summed E-state index contributed by atoms with van der Waals surface area (Å²) in [6.07, 6.45) is -4.89. The Labute approximate surface area is 247 Å². The molecule has 2 saturated heterocycles. The van der Waals surface area contributed by atoms with Crippen LogP contribution in [-0.4, -0.2) is 104 Å². The van der Waals surface area contributed by atoms with Crippen LogP contribution in [0.4, 0.5) is 18.9 Å². The molecule has 3 amide bonds. The molecule has 2 aromatic carbocycles. The molecule has 2 aromatic rings. The minimum atomic E-state index is -5.27. The van der Waals surface area contributed by atoms with Gasteiger partial charge in [0, 0.05) is 70.5 Å². The SMILES string of the molecule is COc1cccc(C(O)(C(=O)N2CCC(C(=O)N3CCN(c4ccc(C(=O)N(C)C)c(Cl)c4)CC3)CC2)C(F)(F)F)c1. The molecule has 2 heterocycles. The zero-order valence-electron chi connectivity index (χ0n) is 23.7. The molecule has 0 aliphatic carbocycles. The van der Waals surface area contributed by atoms with E-state index < -0.39 is 29.2 Å². The Morgan fingerprint density at radius 3 is 2.14 bits per heavy atom. The number of piperidine rings is 1. The number of rotatable bonds is 6. The van der Waals surface area contributed by atoms with Gasteiger partial charge in [-0.2, -0.15) is 13.2 Å². The number of methoxy groups -OCH3 is 1. The number of carbonyl (C=O) groups excluding carboxylic acids is 3. The Balaban J connectivity index is 1.35. The van der Waals surface area contributed by atoms with Gasteiger partial charge >= 0.3 is 6.18 Å². The van der Waals surface area contributed by atoms with Crippen LogP contribution in [0.25, 0.3) is 0 Å². The topological polar surface area (TPSA) is 93.6 Å². The average molecular weight is 611 g/mol. The highest BCUT2D eigenvalue weighted by atomic mass is 35.5. The van der Waals surface area contributed by atoms with Crippen LogP contribution < -0.4 is 9.64 Å². The molecule has 2 fully saturated rings. The Bertz CT molecular complexity index is 1320. The molecule has 1 N–H and O–H groups in total. The number of carbonyl (C=O) groups is 3. The third-order valence-electron chi connectivity index (χ3n) is 7.88. The van der Waals surface area contributed by atoms with Crippen molar-refractivity contribution in [2.45, 2.75) is 24.6 Å². The van der Waals surface area contributed by atoms with Crippen LogP contribution in [0.1, 0.15) is 28.8 Å². The molecule has 2 aliphatic heterocycles. The van der Waals surface area contributed by atoms with Gasteiger partial charge in [-0.1, -0.05) is 23.7 Å². The third-order valence-corrected chi connectivity index (χ3v) is 8.20. The minimum absolute atomic E-state index is 0.0758. The van der Waals surface area contributed by atoms with Crippen LogP contribution in [0.3, 0.4) is 0 Å². The number of alkyl halides is 3. The summed E-state index contributed by atoms with van der Waals surface area (Å²) in [7, 11) is 4.57. The van der Waals surface area contributed by atoms with Crippen LogP contribution in [0, 0.1) is 5.92 Å². The number of amides is 3. The molecule has 228 valence electrons. The van der Waals surface area contributed by atoms with Crippen LogP contribution in [-0.2, 0) is 15.2 Å². The highest BCUT2D eigenvalue weighted by Crippen LogP contribution is 2.42. The molecular formula is C29H34ClF3N4O5. The lowest BCUT2D eigenvalue weighted by molar-refractivity contribution is -0.262. The van der Waals surface area contributed by atoms with E-state index in [-0.39, 0.29) is 43.5 Å². The summed E-state index contributed by atoms with van der Waals surface area (Å²) < 4.78 is 47.3. The molecule has 0 radical (unpaired) electrons. The normalized spacial score (nSPS) is 18.0. The van der Waals surface area contributed by atoms with E-state index in [0.717, 1.165) is 22.7 Å². The molecule has 2 aliphatic rings. The molecule has 1 atom stereocenters. The lowest BCUT2D eigenvalue weighted by atomic mass is 9.88. The first kappa shape index (κ1) is 31.4. The van der Waals surface area contributed by atoms with Crippen LogP contribution in [0.2, 0.25) is 5.02 Å². The summed E-state index contributed by atoms with van der Waals surface area (Å²) in [6.45, 7) is 1.79. The monoisotopic (exact) mass is 610 g/mol. The van der Waals surface area contributed by atoms with Crippen LogP contribution >= 0.6 is 11.6 Å². The van der Waals surface area contributed by atoms with Crippen molar-refractivity contribution in [1.82, 2.24) is 14.7 Å². The van der Waals surface area contributed by atoms with Crippen molar-refractivity contribution in [3.05, 3.63) is 58.6 Å². The maximum Gasteiger partial charge on any atom is 0.430 e. The lowest BCUT2D eigenvalue weighted by Crippen LogP contribution is -2.58. The fourth-order valence-corrected chi connectivity index (χ4v) is 5.63. The van der Waals surface area contributed by atoms with Gasteiger partial charge in [-0.05, 0) is 43.2 Å². The minimum Gasteiger partial charge on any atom is -0.497 e. The molecular weight excluding hydrogens is 577 g/mol. The number of hydrogen-bond donors (Lipinski definition) is 1.